The van der Waals surface area contributed by atoms with Crippen molar-refractivity contribution < 1.29 is 0 Å². The summed E-state index contributed by atoms with van der Waals surface area (Å²) in [6.07, 6.45) is 2.06. The molecule has 0 saturated heterocycles. The zero-order valence-electron chi connectivity index (χ0n) is 8.04. The summed E-state index contributed by atoms with van der Waals surface area (Å²) in [6, 6.07) is 12.9. The fourth-order valence-corrected chi connectivity index (χ4v) is 1.94. The van der Waals surface area contributed by atoms with Gasteiger partial charge in [0.25, 0.3) is 0 Å². The van der Waals surface area contributed by atoms with E-state index in [1.165, 1.54) is 27.6 Å². The first-order valence-electron chi connectivity index (χ1n) is 4.81. The Morgan fingerprint density at radius 3 is 2.79 bits per heavy atom. The number of aromatic amines is 1. The number of rotatable bonds is 0. The predicted octanol–water partition coefficient (Wildman–Crippen LogP) is 3.58. The fourth-order valence-electron chi connectivity index (χ4n) is 1.94. The molecule has 0 atom stereocenters. The average Bonchev–Trinajstić information content (AvgIpc) is 2.71. The molecular formula is C13H11N. The highest BCUT2D eigenvalue weighted by Crippen LogP contribution is 2.26. The Balaban J connectivity index is 2.50. The summed E-state index contributed by atoms with van der Waals surface area (Å²) >= 11 is 0. The second-order valence-corrected chi connectivity index (χ2v) is 3.71. The first-order chi connectivity index (χ1) is 6.84. The van der Waals surface area contributed by atoms with Crippen molar-refractivity contribution in [1.29, 1.82) is 0 Å². The highest BCUT2D eigenvalue weighted by molar-refractivity contribution is 5.87. The molecule has 1 N–H and O–H groups in total. The van der Waals surface area contributed by atoms with Crippen molar-refractivity contribution in [2.45, 2.75) is 6.92 Å². The number of hydrogen-bond donors (Lipinski definition) is 1. The summed E-state index contributed by atoms with van der Waals surface area (Å²) in [7, 11) is 0. The molecule has 2 aliphatic carbocycles. The van der Waals surface area contributed by atoms with Gasteiger partial charge in [0.15, 0.2) is 0 Å². The maximum atomic E-state index is 3.27. The molecule has 1 heteroatoms. The molecule has 0 aliphatic heterocycles. The zero-order valence-corrected chi connectivity index (χ0v) is 8.04. The zero-order chi connectivity index (χ0) is 9.54. The molecule has 68 valence electrons. The Morgan fingerprint density at radius 1 is 1.00 bits per heavy atom. The van der Waals surface area contributed by atoms with Gasteiger partial charge in [0.1, 0.15) is 0 Å². The van der Waals surface area contributed by atoms with Gasteiger partial charge in [0.05, 0.1) is 0 Å². The van der Waals surface area contributed by atoms with E-state index in [9.17, 15) is 0 Å². The Morgan fingerprint density at radius 2 is 1.86 bits per heavy atom. The van der Waals surface area contributed by atoms with E-state index in [4.69, 9.17) is 0 Å². The number of hydrogen-bond acceptors (Lipinski definition) is 0. The highest BCUT2D eigenvalue weighted by Gasteiger charge is 2.03. The molecule has 3 rings (SSSR count). The van der Waals surface area contributed by atoms with E-state index in [0.29, 0.717) is 0 Å². The van der Waals surface area contributed by atoms with Crippen molar-refractivity contribution >= 4 is 10.9 Å². The van der Waals surface area contributed by atoms with E-state index >= 15 is 0 Å². The molecule has 1 heterocycles. The highest BCUT2D eigenvalue weighted by atomic mass is 14.7. The van der Waals surface area contributed by atoms with Crippen LogP contribution in [0, 0.1) is 6.92 Å². The Bertz CT molecular complexity index is 563. The van der Waals surface area contributed by atoms with E-state index in [0.717, 1.165) is 0 Å². The maximum absolute atomic E-state index is 3.27. The van der Waals surface area contributed by atoms with Crippen LogP contribution in [0.25, 0.3) is 22.0 Å². The van der Waals surface area contributed by atoms with Crippen LogP contribution in [-0.2, 0) is 0 Å². The van der Waals surface area contributed by atoms with E-state index in [2.05, 4.69) is 54.5 Å². The molecule has 0 aromatic carbocycles. The maximum Gasteiger partial charge on any atom is 0.0457 e. The fraction of sp³-hybridized carbons (Fsp3) is 0.0769. The lowest BCUT2D eigenvalue weighted by atomic mass is 10.1. The predicted molar refractivity (Wildman–Crippen MR) is 59.7 cm³/mol. The van der Waals surface area contributed by atoms with Crippen LogP contribution in [0.15, 0.2) is 42.6 Å². The van der Waals surface area contributed by atoms with Crippen molar-refractivity contribution in [2.24, 2.45) is 0 Å². The largest absolute Gasteiger partial charge is 0.361 e. The lowest BCUT2D eigenvalue weighted by Gasteiger charge is -1.89. The van der Waals surface area contributed by atoms with Crippen LogP contribution in [0.1, 0.15) is 5.56 Å². The number of aromatic nitrogens is 1. The first kappa shape index (κ1) is 7.63. The van der Waals surface area contributed by atoms with Crippen LogP contribution in [-0.4, -0.2) is 4.98 Å². The second kappa shape index (κ2) is 2.61. The summed E-state index contributed by atoms with van der Waals surface area (Å²) in [5.74, 6) is 0. The summed E-state index contributed by atoms with van der Waals surface area (Å²) < 4.78 is 0. The molecule has 0 spiro atoms. The standard InChI is InChI=1S/C13H11N/c1-9-8-14-13-6-5-10-3-2-4-11(10)7-12(9)13/h2-8,14H,1H3. The monoisotopic (exact) mass is 181 g/mol. The normalized spacial score (nSPS) is 11.2. The van der Waals surface area contributed by atoms with Gasteiger partial charge >= 0.3 is 0 Å². The van der Waals surface area contributed by atoms with Gasteiger partial charge in [-0.2, -0.15) is 0 Å². The van der Waals surface area contributed by atoms with Gasteiger partial charge in [-0.25, -0.2) is 0 Å². The SMILES string of the molecule is Cc1c[nH]c2ccc3cccc-3cc12. The van der Waals surface area contributed by atoms with Crippen LogP contribution in [0.2, 0.25) is 0 Å². The molecule has 14 heavy (non-hydrogen) atoms. The van der Waals surface area contributed by atoms with Gasteiger partial charge < -0.3 is 4.98 Å². The molecule has 2 aliphatic rings. The van der Waals surface area contributed by atoms with Crippen LogP contribution in [0.5, 0.6) is 0 Å². The van der Waals surface area contributed by atoms with Crippen molar-refractivity contribution in [1.82, 2.24) is 4.98 Å². The molecule has 0 saturated carbocycles. The van der Waals surface area contributed by atoms with E-state index < -0.39 is 0 Å². The van der Waals surface area contributed by atoms with E-state index in [1.54, 1.807) is 0 Å². The quantitative estimate of drug-likeness (QED) is 0.545. The smallest absolute Gasteiger partial charge is 0.0457 e. The summed E-state index contributed by atoms with van der Waals surface area (Å²) in [6.45, 7) is 2.13. The summed E-state index contributed by atoms with van der Waals surface area (Å²) in [5, 5.41) is 1.31. The van der Waals surface area contributed by atoms with Gasteiger partial charge in [-0.1, -0.05) is 24.3 Å². The van der Waals surface area contributed by atoms with Crippen LogP contribution in [0.4, 0.5) is 0 Å². The van der Waals surface area contributed by atoms with Crippen molar-refractivity contribution in [3.05, 3.63) is 48.2 Å². The minimum absolute atomic E-state index is 1.21. The molecule has 0 bridgehead atoms. The van der Waals surface area contributed by atoms with Crippen molar-refractivity contribution in [2.75, 3.05) is 0 Å². The molecule has 0 amide bonds. The lowest BCUT2D eigenvalue weighted by Crippen LogP contribution is -1.64. The topological polar surface area (TPSA) is 15.8 Å². The molecule has 0 fully saturated rings. The van der Waals surface area contributed by atoms with Crippen molar-refractivity contribution in [3.63, 3.8) is 0 Å². The van der Waals surface area contributed by atoms with Gasteiger partial charge in [-0.3, -0.25) is 0 Å². The summed E-state index contributed by atoms with van der Waals surface area (Å²) in [5.41, 5.74) is 5.12. The third-order valence-corrected chi connectivity index (χ3v) is 2.77. The first-order valence-corrected chi connectivity index (χ1v) is 4.81. The minimum atomic E-state index is 1.21. The van der Waals surface area contributed by atoms with Crippen LogP contribution < -0.4 is 0 Å². The van der Waals surface area contributed by atoms with E-state index in [1.807, 2.05) is 0 Å². The second-order valence-electron chi connectivity index (χ2n) is 3.71. The molecule has 0 unspecified atom stereocenters. The van der Waals surface area contributed by atoms with Gasteiger partial charge in [-0.05, 0) is 35.7 Å². The molecule has 1 nitrogen and oxygen atoms in total. The number of nitrogens with one attached hydrogen (secondary N) is 1. The van der Waals surface area contributed by atoms with Gasteiger partial charge in [0, 0.05) is 17.1 Å². The Labute approximate surface area is 82.7 Å². The molecule has 1 aromatic rings. The van der Waals surface area contributed by atoms with Crippen LogP contribution >= 0.6 is 0 Å². The number of fused-ring (bicyclic) bond motifs is 2. The third kappa shape index (κ3) is 0.956. The van der Waals surface area contributed by atoms with E-state index in [-0.39, 0.29) is 0 Å². The van der Waals surface area contributed by atoms with Crippen LogP contribution in [0.3, 0.4) is 0 Å². The lowest BCUT2D eigenvalue weighted by molar-refractivity contribution is 1.42. The summed E-state index contributed by atoms with van der Waals surface area (Å²) in [4.78, 5) is 3.27. The Hall–Kier alpha value is -1.76. The van der Waals surface area contributed by atoms with Crippen molar-refractivity contribution in [3.8, 4) is 11.1 Å². The number of aryl methyl sites for hydroxylation is 1. The minimum Gasteiger partial charge on any atom is -0.361 e. The third-order valence-electron chi connectivity index (χ3n) is 2.77. The van der Waals surface area contributed by atoms with Gasteiger partial charge in [0.2, 0.25) is 0 Å². The average molecular weight is 181 g/mol. The molecule has 1 aromatic heterocycles. The number of H-pyrrole nitrogens is 1. The molecular weight excluding hydrogens is 170 g/mol. The molecule has 0 radical (unpaired) electrons. The van der Waals surface area contributed by atoms with Gasteiger partial charge in [-0.15, -0.1) is 0 Å². The Kier molecular flexibility index (Phi) is 1.42.